The lowest BCUT2D eigenvalue weighted by atomic mass is 10.0. The zero-order valence-electron chi connectivity index (χ0n) is 18.9. The second-order valence-electron chi connectivity index (χ2n) is 7.98. The molecule has 2 amide bonds. The first-order chi connectivity index (χ1) is 17.4. The summed E-state index contributed by atoms with van der Waals surface area (Å²) in [5.74, 6) is -2.14. The molecule has 3 aromatic rings. The van der Waals surface area contributed by atoms with Crippen molar-refractivity contribution in [1.29, 1.82) is 0 Å². The summed E-state index contributed by atoms with van der Waals surface area (Å²) in [5.41, 5.74) is 7.10. The van der Waals surface area contributed by atoms with Crippen molar-refractivity contribution in [3.8, 4) is 0 Å². The standard InChI is InChI=1S/C23H20N6O5S2/c1-34-27-17(13-4-2-6-16(24)25-13)20(30)26-18-21(31)29-19(23(32)33)12(11-36-22(18)29)10-28-8-3-5-15-14(28)7-9-35-15/h2-9,18,22H,10-11H2,1H3,(H3-,24,25,26,30,32,33)/t18?,22-/m0/s1. The molecular weight excluding hydrogens is 504 g/mol. The van der Waals surface area contributed by atoms with Crippen molar-refractivity contribution in [3.63, 3.8) is 0 Å². The SMILES string of the molecule is CON=C(C(=O)NC1C(=O)N2C(C(=O)[O-])=C(C[n+]3cccc4sccc43)CS[C@@H]12)c1cccc(N)n1. The molecule has 2 atom stereocenters. The van der Waals surface area contributed by atoms with E-state index in [1.165, 1.54) is 29.8 Å². The van der Waals surface area contributed by atoms with Crippen LogP contribution in [0.5, 0.6) is 0 Å². The van der Waals surface area contributed by atoms with Gasteiger partial charge in [-0.15, -0.1) is 23.1 Å². The number of thiophene rings is 1. The van der Waals surface area contributed by atoms with Gasteiger partial charge in [0.15, 0.2) is 18.5 Å². The van der Waals surface area contributed by atoms with Crippen LogP contribution in [0.25, 0.3) is 10.2 Å². The van der Waals surface area contributed by atoms with Crippen molar-refractivity contribution < 1.29 is 28.9 Å². The Morgan fingerprint density at radius 2 is 2.17 bits per heavy atom. The Morgan fingerprint density at radius 3 is 2.92 bits per heavy atom. The second-order valence-corrected chi connectivity index (χ2v) is 10.0. The Kier molecular flexibility index (Phi) is 6.33. The number of β-lactam (4-membered cyclic amide) rings is 1. The van der Waals surface area contributed by atoms with Gasteiger partial charge in [0.2, 0.25) is 5.52 Å². The van der Waals surface area contributed by atoms with E-state index >= 15 is 0 Å². The fraction of sp³-hybridized carbons (Fsp3) is 0.217. The number of amides is 2. The van der Waals surface area contributed by atoms with E-state index in [9.17, 15) is 19.5 Å². The van der Waals surface area contributed by atoms with Gasteiger partial charge in [-0.2, -0.15) is 4.57 Å². The molecule has 0 radical (unpaired) electrons. The highest BCUT2D eigenvalue weighted by Crippen LogP contribution is 2.40. The molecule has 0 spiro atoms. The lowest BCUT2D eigenvalue weighted by molar-refractivity contribution is -0.663. The predicted octanol–water partition coefficient (Wildman–Crippen LogP) is -0.379. The maximum Gasteiger partial charge on any atom is 0.276 e. The molecule has 184 valence electrons. The molecule has 1 fully saturated rings. The number of carbonyl (C=O) groups is 3. The molecule has 1 saturated heterocycles. The van der Waals surface area contributed by atoms with Crippen molar-refractivity contribution in [3.05, 3.63) is 64.9 Å². The number of carbonyl (C=O) groups excluding carboxylic acids is 3. The summed E-state index contributed by atoms with van der Waals surface area (Å²) in [6, 6.07) is 9.60. The van der Waals surface area contributed by atoms with E-state index in [2.05, 4.69) is 15.5 Å². The number of anilines is 1. The minimum atomic E-state index is -1.43. The summed E-state index contributed by atoms with van der Waals surface area (Å²) in [5, 5.41) is 19.9. The highest BCUT2D eigenvalue weighted by atomic mass is 32.2. The number of aliphatic carboxylic acids is 1. The van der Waals surface area contributed by atoms with Gasteiger partial charge in [0, 0.05) is 23.5 Å². The lowest BCUT2D eigenvalue weighted by Crippen LogP contribution is -2.71. The third kappa shape index (κ3) is 4.16. The Hall–Kier alpha value is -3.97. The van der Waals surface area contributed by atoms with Gasteiger partial charge in [-0.3, -0.25) is 14.5 Å². The zero-order valence-corrected chi connectivity index (χ0v) is 20.5. The number of fused-ring (bicyclic) bond motifs is 2. The number of carboxylic acids is 1. The van der Waals surface area contributed by atoms with Crippen LogP contribution >= 0.6 is 23.1 Å². The van der Waals surface area contributed by atoms with Gasteiger partial charge in [0.05, 0.1) is 16.4 Å². The summed E-state index contributed by atoms with van der Waals surface area (Å²) in [6.45, 7) is 0.295. The molecule has 5 rings (SSSR count). The van der Waals surface area contributed by atoms with Gasteiger partial charge in [-0.1, -0.05) is 11.2 Å². The Bertz CT molecular complexity index is 1450. The lowest BCUT2D eigenvalue weighted by Gasteiger charge is -2.50. The van der Waals surface area contributed by atoms with E-state index in [0.29, 0.717) is 17.9 Å². The van der Waals surface area contributed by atoms with Crippen LogP contribution in [0.4, 0.5) is 5.82 Å². The summed E-state index contributed by atoms with van der Waals surface area (Å²) in [4.78, 5) is 48.2. The molecular formula is C23H20N6O5S2. The van der Waals surface area contributed by atoms with Gasteiger partial charge in [-0.05, 0) is 23.6 Å². The molecule has 0 aliphatic carbocycles. The number of carboxylic acid groups (broad SMARTS) is 1. The van der Waals surface area contributed by atoms with Crippen LogP contribution in [-0.4, -0.2) is 57.7 Å². The average molecular weight is 525 g/mol. The quantitative estimate of drug-likeness (QED) is 0.184. The van der Waals surface area contributed by atoms with Crippen LogP contribution in [0.1, 0.15) is 5.69 Å². The molecule has 3 N–H and O–H groups in total. The molecule has 2 aliphatic heterocycles. The summed E-state index contributed by atoms with van der Waals surface area (Å²) >= 11 is 2.96. The number of pyridine rings is 2. The highest BCUT2D eigenvalue weighted by Gasteiger charge is 2.53. The Morgan fingerprint density at radius 1 is 1.33 bits per heavy atom. The number of hydrogen-bond acceptors (Lipinski definition) is 10. The molecule has 3 aromatic heterocycles. The summed E-state index contributed by atoms with van der Waals surface area (Å²) < 4.78 is 3.01. The summed E-state index contributed by atoms with van der Waals surface area (Å²) in [6.07, 6.45) is 1.87. The Labute approximate surface area is 213 Å². The van der Waals surface area contributed by atoms with Gasteiger partial charge < -0.3 is 25.8 Å². The van der Waals surface area contributed by atoms with Gasteiger partial charge in [0.1, 0.15) is 30.0 Å². The van der Waals surface area contributed by atoms with Crippen molar-refractivity contribution in [2.75, 3.05) is 18.6 Å². The van der Waals surface area contributed by atoms with E-state index in [-0.39, 0.29) is 22.9 Å². The molecule has 13 heteroatoms. The number of nitrogens with one attached hydrogen (secondary N) is 1. The van der Waals surface area contributed by atoms with Crippen molar-refractivity contribution >= 4 is 62.6 Å². The number of thioether (sulfide) groups is 1. The number of aromatic nitrogens is 2. The smallest absolute Gasteiger partial charge is 0.276 e. The Balaban J connectivity index is 1.38. The van der Waals surface area contributed by atoms with Crippen LogP contribution in [0.3, 0.4) is 0 Å². The van der Waals surface area contributed by atoms with Crippen molar-refractivity contribution in [2.24, 2.45) is 5.16 Å². The predicted molar refractivity (Wildman–Crippen MR) is 131 cm³/mol. The number of rotatable bonds is 7. The third-order valence-corrected chi connectivity index (χ3v) is 8.01. The topological polar surface area (TPSA) is 154 Å². The van der Waals surface area contributed by atoms with E-state index in [4.69, 9.17) is 10.6 Å². The summed E-state index contributed by atoms with van der Waals surface area (Å²) in [7, 11) is 1.28. The maximum absolute atomic E-state index is 13.0. The van der Waals surface area contributed by atoms with Crippen LogP contribution in [-0.2, 0) is 25.8 Å². The van der Waals surface area contributed by atoms with Crippen molar-refractivity contribution in [2.45, 2.75) is 18.0 Å². The van der Waals surface area contributed by atoms with Crippen molar-refractivity contribution in [1.82, 2.24) is 15.2 Å². The van der Waals surface area contributed by atoms with Gasteiger partial charge >= 0.3 is 0 Å². The fourth-order valence-electron chi connectivity index (χ4n) is 4.22. The molecule has 36 heavy (non-hydrogen) atoms. The largest absolute Gasteiger partial charge is 0.543 e. The fourth-order valence-corrected chi connectivity index (χ4v) is 6.36. The number of oxime groups is 1. The van der Waals surface area contributed by atoms with Gasteiger partial charge in [-0.25, -0.2) is 4.98 Å². The maximum atomic E-state index is 13.0. The first-order valence-corrected chi connectivity index (χ1v) is 12.7. The average Bonchev–Trinajstić information content (AvgIpc) is 3.35. The van der Waals surface area contributed by atoms with Crippen LogP contribution in [0.2, 0.25) is 0 Å². The normalized spacial score (nSPS) is 19.6. The third-order valence-electron chi connectivity index (χ3n) is 5.80. The molecule has 1 unspecified atom stereocenters. The minimum absolute atomic E-state index is 0.155. The monoisotopic (exact) mass is 524 g/mol. The molecule has 11 nitrogen and oxygen atoms in total. The number of hydrogen-bond donors (Lipinski definition) is 2. The van der Waals surface area contributed by atoms with E-state index in [0.717, 1.165) is 10.2 Å². The van der Waals surface area contributed by atoms with E-state index in [1.807, 2.05) is 34.3 Å². The second kappa shape index (κ2) is 9.59. The molecule has 0 saturated carbocycles. The van der Waals surface area contributed by atoms with Gasteiger partial charge in [0.25, 0.3) is 11.8 Å². The first kappa shape index (κ1) is 23.8. The highest BCUT2D eigenvalue weighted by molar-refractivity contribution is 8.00. The molecule has 5 heterocycles. The zero-order chi connectivity index (χ0) is 25.4. The van der Waals surface area contributed by atoms with Crippen LogP contribution in [0.15, 0.2) is 64.4 Å². The molecule has 2 aliphatic rings. The molecule has 0 aromatic carbocycles. The van der Waals surface area contributed by atoms with E-state index < -0.39 is 29.2 Å². The van der Waals surface area contributed by atoms with E-state index in [1.54, 1.807) is 23.5 Å². The first-order valence-electron chi connectivity index (χ1n) is 10.8. The number of nitrogens with zero attached hydrogens (tertiary/aromatic N) is 4. The van der Waals surface area contributed by atoms with Crippen LogP contribution in [0, 0.1) is 0 Å². The van der Waals surface area contributed by atoms with Crippen LogP contribution < -0.4 is 20.7 Å². The number of nitrogen functional groups attached to an aromatic ring is 1. The number of nitrogens with two attached hydrogens (primary N) is 1. The minimum Gasteiger partial charge on any atom is -0.543 e. The molecule has 0 bridgehead atoms.